The van der Waals surface area contributed by atoms with Crippen molar-refractivity contribution in [2.24, 2.45) is 17.6 Å². The highest BCUT2D eigenvalue weighted by Crippen LogP contribution is 2.43. The fourth-order valence-corrected chi connectivity index (χ4v) is 7.61. The third-order valence-corrected chi connectivity index (χ3v) is 11.4. The molecule has 0 aliphatic heterocycles. The van der Waals surface area contributed by atoms with E-state index < -0.39 is 38.6 Å². The van der Waals surface area contributed by atoms with E-state index in [4.69, 9.17) is 28.7 Å². The SMILES string of the molecule is CCCCC[C@H](O)/C=C/[C@H]1C(=O)C=C[C@@H]1C/C=C\CCCC(=O)OC[C@H](COP(=O)(O)OCCN)OC(=O)CCCCCCCCCCc1oc(CCC)c(C)c1C. The van der Waals surface area contributed by atoms with Crippen LogP contribution in [-0.4, -0.2) is 66.3 Å². The Morgan fingerprint density at radius 1 is 0.862 bits per heavy atom. The van der Waals surface area contributed by atoms with E-state index in [1.54, 1.807) is 12.2 Å². The predicted octanol–water partition coefficient (Wildman–Crippen LogP) is 9.43. The van der Waals surface area contributed by atoms with E-state index in [1.165, 1.54) is 11.1 Å². The van der Waals surface area contributed by atoms with E-state index in [0.717, 1.165) is 95.0 Å². The molecule has 1 aliphatic carbocycles. The Hall–Kier alpha value is -2.86. The number of aliphatic hydroxyl groups excluding tert-OH is 1. The second-order valence-electron chi connectivity index (χ2n) is 15.5. The quantitative estimate of drug-likeness (QED) is 0.0259. The van der Waals surface area contributed by atoms with Crippen LogP contribution in [0.15, 0.2) is 40.9 Å². The fraction of sp³-hybridized carbons (Fsp3) is 0.711. The van der Waals surface area contributed by atoms with Crippen LogP contribution in [-0.2, 0) is 50.3 Å². The molecule has 0 fully saturated rings. The van der Waals surface area contributed by atoms with Crippen LogP contribution in [0.4, 0.5) is 0 Å². The van der Waals surface area contributed by atoms with Gasteiger partial charge in [-0.1, -0.05) is 102 Å². The van der Waals surface area contributed by atoms with Crippen LogP contribution in [0.25, 0.3) is 0 Å². The van der Waals surface area contributed by atoms with Gasteiger partial charge in [0.25, 0.3) is 0 Å². The molecule has 0 amide bonds. The normalized spacial score (nSPS) is 17.7. The van der Waals surface area contributed by atoms with Gasteiger partial charge in [-0.2, -0.15) is 0 Å². The van der Waals surface area contributed by atoms with Gasteiger partial charge in [-0.15, -0.1) is 0 Å². The number of esters is 2. The summed E-state index contributed by atoms with van der Waals surface area (Å²) < 4.78 is 38.9. The van der Waals surface area contributed by atoms with Gasteiger partial charge in [0.2, 0.25) is 0 Å². The number of hydrogen-bond donors (Lipinski definition) is 3. The molecule has 12 nitrogen and oxygen atoms in total. The van der Waals surface area contributed by atoms with Gasteiger partial charge in [0.05, 0.1) is 19.3 Å². The summed E-state index contributed by atoms with van der Waals surface area (Å²) in [5.74, 6) is 1.04. The lowest BCUT2D eigenvalue weighted by atomic mass is 9.90. The molecule has 0 saturated heterocycles. The summed E-state index contributed by atoms with van der Waals surface area (Å²) in [4.78, 5) is 47.5. The number of ether oxygens (including phenoxy) is 2. The Kier molecular flexibility index (Phi) is 26.7. The number of unbranched alkanes of at least 4 members (excludes halogenated alkanes) is 10. The zero-order valence-corrected chi connectivity index (χ0v) is 36.7. The molecule has 0 bridgehead atoms. The molecule has 0 spiro atoms. The van der Waals surface area contributed by atoms with Crippen molar-refractivity contribution in [3.63, 3.8) is 0 Å². The van der Waals surface area contributed by atoms with Gasteiger partial charge in [0.1, 0.15) is 18.1 Å². The second kappa shape index (κ2) is 30.2. The van der Waals surface area contributed by atoms with Crippen molar-refractivity contribution < 1.29 is 51.9 Å². The minimum atomic E-state index is -4.44. The predicted molar refractivity (Wildman–Crippen MR) is 227 cm³/mol. The Balaban J connectivity index is 1.67. The number of phosphoric acid groups is 1. The summed E-state index contributed by atoms with van der Waals surface area (Å²) in [7, 11) is -4.44. The topological polar surface area (TPSA) is 185 Å². The van der Waals surface area contributed by atoms with Crippen LogP contribution >= 0.6 is 7.82 Å². The Bertz CT molecular complexity index is 1470. The molecule has 1 unspecified atom stereocenters. The molecule has 330 valence electrons. The van der Waals surface area contributed by atoms with Crippen LogP contribution in [0.3, 0.4) is 0 Å². The van der Waals surface area contributed by atoms with Gasteiger partial charge < -0.3 is 29.6 Å². The maximum Gasteiger partial charge on any atom is 0.472 e. The summed E-state index contributed by atoms with van der Waals surface area (Å²) in [6, 6.07) is 0. The zero-order valence-electron chi connectivity index (χ0n) is 35.8. The maximum atomic E-state index is 12.7. The van der Waals surface area contributed by atoms with Crippen LogP contribution in [0.5, 0.6) is 0 Å². The first-order valence-electron chi connectivity index (χ1n) is 21.9. The van der Waals surface area contributed by atoms with Gasteiger partial charge in [-0.25, -0.2) is 4.57 Å². The molecule has 58 heavy (non-hydrogen) atoms. The number of furan rings is 1. The van der Waals surface area contributed by atoms with E-state index in [9.17, 15) is 28.9 Å². The molecule has 1 aromatic heterocycles. The van der Waals surface area contributed by atoms with Gasteiger partial charge in [-0.3, -0.25) is 23.4 Å². The van der Waals surface area contributed by atoms with E-state index in [0.29, 0.717) is 32.1 Å². The molecule has 0 radical (unpaired) electrons. The standard InChI is InChI=1S/C45H74NO11P/c1-5-7-16-23-38(47)28-29-40-37(27-30-41(40)48)22-17-14-15-19-25-44(49)53-33-39(34-55-58(51,52)54-32-31-46)56-45(50)26-20-13-11-9-8-10-12-18-24-43-36(4)35(3)42(57-43)21-6-2/h14,17,27-30,37-40,47H,5-13,15-16,18-26,31-34,46H2,1-4H3,(H,51,52)/b17-14-,29-28+/t37-,38-,39+,40+/m0/s1. The zero-order chi connectivity index (χ0) is 42.6. The lowest BCUT2D eigenvalue weighted by Crippen LogP contribution is -2.29. The van der Waals surface area contributed by atoms with Gasteiger partial charge in [0, 0.05) is 38.1 Å². The second-order valence-corrected chi connectivity index (χ2v) is 16.9. The molecule has 1 aromatic rings. The minimum Gasteiger partial charge on any atom is -0.466 e. The van der Waals surface area contributed by atoms with Crippen LogP contribution in [0.2, 0.25) is 0 Å². The summed E-state index contributed by atoms with van der Waals surface area (Å²) in [5, 5.41) is 10.2. The van der Waals surface area contributed by atoms with Crippen molar-refractivity contribution in [2.45, 2.75) is 168 Å². The number of phosphoric ester groups is 1. The molecule has 1 heterocycles. The summed E-state index contributed by atoms with van der Waals surface area (Å²) in [6.45, 7) is 7.59. The van der Waals surface area contributed by atoms with E-state index in [1.807, 2.05) is 24.3 Å². The molecule has 2 rings (SSSR count). The van der Waals surface area contributed by atoms with Gasteiger partial charge >= 0.3 is 19.8 Å². The fourth-order valence-electron chi connectivity index (χ4n) is 6.85. The maximum absolute atomic E-state index is 12.7. The smallest absolute Gasteiger partial charge is 0.466 e. The minimum absolute atomic E-state index is 0.0175. The van der Waals surface area contributed by atoms with Crippen molar-refractivity contribution in [3.05, 3.63) is 59.1 Å². The summed E-state index contributed by atoms with van der Waals surface area (Å²) in [5.41, 5.74) is 7.94. The van der Waals surface area contributed by atoms with Crippen molar-refractivity contribution >= 4 is 25.5 Å². The van der Waals surface area contributed by atoms with Crippen molar-refractivity contribution in [3.8, 4) is 0 Å². The van der Waals surface area contributed by atoms with Crippen molar-refractivity contribution in [2.75, 3.05) is 26.4 Å². The van der Waals surface area contributed by atoms with E-state index in [-0.39, 0.29) is 50.2 Å². The van der Waals surface area contributed by atoms with Crippen LogP contribution < -0.4 is 5.73 Å². The van der Waals surface area contributed by atoms with Crippen LogP contribution in [0, 0.1) is 25.7 Å². The van der Waals surface area contributed by atoms with Crippen molar-refractivity contribution in [1.29, 1.82) is 0 Å². The largest absolute Gasteiger partial charge is 0.472 e. The Morgan fingerprint density at radius 3 is 2.22 bits per heavy atom. The highest BCUT2D eigenvalue weighted by Gasteiger charge is 2.28. The van der Waals surface area contributed by atoms with Gasteiger partial charge in [-0.05, 0) is 81.9 Å². The first-order chi connectivity index (χ1) is 27.9. The average Bonchev–Trinajstić information content (AvgIpc) is 3.68. The third-order valence-electron chi connectivity index (χ3n) is 10.4. The number of rotatable bonds is 34. The number of allylic oxidation sites excluding steroid dienone is 5. The lowest BCUT2D eigenvalue weighted by molar-refractivity contribution is -0.161. The number of carbonyl (C=O) groups is 3. The van der Waals surface area contributed by atoms with E-state index >= 15 is 0 Å². The Labute approximate surface area is 348 Å². The number of aliphatic hydroxyl groups is 1. The molecule has 1 aliphatic rings. The summed E-state index contributed by atoms with van der Waals surface area (Å²) >= 11 is 0. The first-order valence-corrected chi connectivity index (χ1v) is 23.4. The number of aryl methyl sites for hydroxylation is 2. The molecule has 0 aromatic carbocycles. The monoisotopic (exact) mass is 835 g/mol. The summed E-state index contributed by atoms with van der Waals surface area (Å²) in [6.07, 6.45) is 26.6. The number of hydrogen-bond acceptors (Lipinski definition) is 11. The van der Waals surface area contributed by atoms with Crippen molar-refractivity contribution in [1.82, 2.24) is 0 Å². The molecule has 0 saturated carbocycles. The highest BCUT2D eigenvalue weighted by atomic mass is 31.2. The highest BCUT2D eigenvalue weighted by molar-refractivity contribution is 7.47. The number of carbonyl (C=O) groups excluding carboxylic acids is 3. The third kappa shape index (κ3) is 21.9. The van der Waals surface area contributed by atoms with Gasteiger partial charge in [0.15, 0.2) is 11.9 Å². The first kappa shape index (κ1) is 51.3. The Morgan fingerprint density at radius 2 is 1.53 bits per heavy atom. The lowest BCUT2D eigenvalue weighted by Gasteiger charge is -2.19. The van der Waals surface area contributed by atoms with E-state index in [2.05, 4.69) is 27.7 Å². The van der Waals surface area contributed by atoms with Crippen LogP contribution in [0.1, 0.15) is 152 Å². The molecular weight excluding hydrogens is 761 g/mol. The molecule has 13 heteroatoms. The number of nitrogens with two attached hydrogens (primary N) is 1. The average molecular weight is 836 g/mol. The molecule has 5 atom stereocenters. The number of ketones is 1. The molecule has 4 N–H and O–H groups in total. The molecular formula is C45H74NO11P.